The highest BCUT2D eigenvalue weighted by Gasteiger charge is 2.19. The van der Waals surface area contributed by atoms with Crippen molar-refractivity contribution >= 4 is 11.9 Å². The highest BCUT2D eigenvalue weighted by molar-refractivity contribution is 5.87. The number of hydrogen-bond donors (Lipinski definition) is 3. The van der Waals surface area contributed by atoms with Crippen LogP contribution in [0.5, 0.6) is 0 Å². The van der Waals surface area contributed by atoms with E-state index in [1.54, 1.807) is 7.11 Å². The molecule has 0 aromatic heterocycles. The third kappa shape index (κ3) is 3.67. The Hall–Kier alpha value is -1.34. The van der Waals surface area contributed by atoms with E-state index in [1.807, 2.05) is 11.8 Å². The molecular formula is C9H19N5O2. The number of guanidine groups is 1. The third-order valence-corrected chi connectivity index (χ3v) is 2.22. The molecule has 4 N–H and O–H groups in total. The first kappa shape index (κ1) is 12.7. The van der Waals surface area contributed by atoms with Crippen molar-refractivity contribution in [1.82, 2.24) is 15.6 Å². The van der Waals surface area contributed by atoms with E-state index in [1.165, 1.54) is 0 Å². The lowest BCUT2D eigenvalue weighted by Crippen LogP contribution is -2.55. The molecule has 0 radical (unpaired) electrons. The zero-order valence-electron chi connectivity index (χ0n) is 9.69. The molecule has 1 unspecified atom stereocenters. The topological polar surface area (TPSA) is 92.0 Å². The minimum atomic E-state index is -0.0198. The number of rotatable bonds is 3. The lowest BCUT2D eigenvalue weighted by atomic mass is 10.3. The van der Waals surface area contributed by atoms with E-state index >= 15 is 0 Å². The molecule has 0 bridgehead atoms. The Kier molecular flexibility index (Phi) is 5.00. The molecule has 1 rings (SSSR count). The van der Waals surface area contributed by atoms with Gasteiger partial charge in [-0.15, -0.1) is 0 Å². The summed E-state index contributed by atoms with van der Waals surface area (Å²) in [6, 6.07) is 0.000961. The SMILES string of the molecule is COCC(C)N=C(NN)N1CCNC(=O)C1. The molecule has 1 amide bonds. The van der Waals surface area contributed by atoms with Crippen LogP contribution in [0.15, 0.2) is 4.99 Å². The summed E-state index contributed by atoms with van der Waals surface area (Å²) in [7, 11) is 1.62. The summed E-state index contributed by atoms with van der Waals surface area (Å²) in [4.78, 5) is 17.4. The van der Waals surface area contributed by atoms with Crippen molar-refractivity contribution in [3.8, 4) is 0 Å². The van der Waals surface area contributed by atoms with Gasteiger partial charge in [-0.3, -0.25) is 10.2 Å². The first-order valence-corrected chi connectivity index (χ1v) is 5.22. The Balaban J connectivity index is 2.61. The van der Waals surface area contributed by atoms with E-state index in [0.717, 1.165) is 0 Å². The second-order valence-electron chi connectivity index (χ2n) is 3.67. The molecule has 0 aromatic rings. The van der Waals surface area contributed by atoms with Crippen LogP contribution >= 0.6 is 0 Å². The van der Waals surface area contributed by atoms with Crippen LogP contribution in [-0.4, -0.2) is 56.2 Å². The van der Waals surface area contributed by atoms with Crippen molar-refractivity contribution in [2.75, 3.05) is 33.4 Å². The lowest BCUT2D eigenvalue weighted by Gasteiger charge is -2.29. The number of methoxy groups -OCH3 is 1. The molecule has 16 heavy (non-hydrogen) atoms. The summed E-state index contributed by atoms with van der Waals surface area (Å²) in [5.41, 5.74) is 2.52. The molecule has 1 saturated heterocycles. The predicted octanol–water partition coefficient (Wildman–Crippen LogP) is -1.73. The Bertz CT molecular complexity index is 269. The van der Waals surface area contributed by atoms with Gasteiger partial charge >= 0.3 is 0 Å². The van der Waals surface area contributed by atoms with Crippen LogP contribution in [-0.2, 0) is 9.53 Å². The lowest BCUT2D eigenvalue weighted by molar-refractivity contribution is -0.122. The average Bonchev–Trinajstić information content (AvgIpc) is 2.26. The molecule has 1 aliphatic rings. The quantitative estimate of drug-likeness (QED) is 0.231. The number of amides is 1. The second-order valence-corrected chi connectivity index (χ2v) is 3.67. The van der Waals surface area contributed by atoms with Crippen molar-refractivity contribution < 1.29 is 9.53 Å². The Morgan fingerprint density at radius 2 is 2.56 bits per heavy atom. The molecule has 1 aliphatic heterocycles. The van der Waals surface area contributed by atoms with E-state index < -0.39 is 0 Å². The predicted molar refractivity (Wildman–Crippen MR) is 60.7 cm³/mol. The summed E-state index contributed by atoms with van der Waals surface area (Å²) in [5.74, 6) is 5.91. The maximum atomic E-state index is 11.2. The summed E-state index contributed by atoms with van der Waals surface area (Å²) < 4.78 is 4.98. The van der Waals surface area contributed by atoms with Crippen LogP contribution in [0.1, 0.15) is 6.92 Å². The van der Waals surface area contributed by atoms with Crippen molar-refractivity contribution in [3.63, 3.8) is 0 Å². The number of nitrogens with two attached hydrogens (primary N) is 1. The van der Waals surface area contributed by atoms with Gasteiger partial charge < -0.3 is 15.0 Å². The fraction of sp³-hybridized carbons (Fsp3) is 0.778. The minimum absolute atomic E-state index is 0.000961. The van der Waals surface area contributed by atoms with E-state index in [9.17, 15) is 4.79 Å². The normalized spacial score (nSPS) is 19.3. The smallest absolute Gasteiger partial charge is 0.239 e. The van der Waals surface area contributed by atoms with Gasteiger partial charge in [-0.05, 0) is 6.92 Å². The summed E-state index contributed by atoms with van der Waals surface area (Å²) in [6.45, 7) is 4.03. The van der Waals surface area contributed by atoms with Crippen LogP contribution in [0, 0.1) is 0 Å². The standard InChI is InChI=1S/C9H19N5O2/c1-7(6-16-2)12-9(13-10)14-4-3-11-8(15)5-14/h7H,3-6,10H2,1-2H3,(H,11,15)(H,12,13). The monoisotopic (exact) mass is 229 g/mol. The average molecular weight is 229 g/mol. The van der Waals surface area contributed by atoms with Crippen molar-refractivity contribution in [3.05, 3.63) is 0 Å². The van der Waals surface area contributed by atoms with Gasteiger partial charge in [0.2, 0.25) is 11.9 Å². The highest BCUT2D eigenvalue weighted by Crippen LogP contribution is 1.97. The molecule has 1 atom stereocenters. The van der Waals surface area contributed by atoms with Crippen LogP contribution in [0.3, 0.4) is 0 Å². The van der Waals surface area contributed by atoms with Crippen LogP contribution in [0.25, 0.3) is 0 Å². The Labute approximate surface area is 95.0 Å². The maximum absolute atomic E-state index is 11.2. The number of carbonyl (C=O) groups excluding carboxylic acids is 1. The van der Waals surface area contributed by atoms with E-state index in [-0.39, 0.29) is 18.5 Å². The largest absolute Gasteiger partial charge is 0.382 e. The van der Waals surface area contributed by atoms with Crippen LogP contribution in [0.4, 0.5) is 0 Å². The van der Waals surface area contributed by atoms with Gasteiger partial charge in [0.1, 0.15) is 0 Å². The number of carbonyl (C=O) groups is 1. The highest BCUT2D eigenvalue weighted by atomic mass is 16.5. The van der Waals surface area contributed by atoms with Crippen molar-refractivity contribution in [2.24, 2.45) is 10.8 Å². The van der Waals surface area contributed by atoms with E-state index in [4.69, 9.17) is 10.6 Å². The van der Waals surface area contributed by atoms with Gasteiger partial charge in [0, 0.05) is 20.2 Å². The summed E-state index contributed by atoms with van der Waals surface area (Å²) >= 11 is 0. The number of aliphatic imine (C=N–C) groups is 1. The third-order valence-electron chi connectivity index (χ3n) is 2.22. The van der Waals surface area contributed by atoms with Gasteiger partial charge in [0.15, 0.2) is 0 Å². The number of hydrogen-bond acceptors (Lipinski definition) is 4. The van der Waals surface area contributed by atoms with Gasteiger partial charge in [-0.2, -0.15) is 0 Å². The fourth-order valence-electron chi connectivity index (χ4n) is 1.52. The van der Waals surface area contributed by atoms with Gasteiger partial charge in [0.05, 0.1) is 19.2 Å². The second kappa shape index (κ2) is 6.29. The maximum Gasteiger partial charge on any atom is 0.239 e. The molecule has 1 fully saturated rings. The van der Waals surface area contributed by atoms with E-state index in [2.05, 4.69) is 15.7 Å². The Morgan fingerprint density at radius 3 is 3.12 bits per heavy atom. The number of nitrogens with zero attached hydrogens (tertiary/aromatic N) is 2. The van der Waals surface area contributed by atoms with Gasteiger partial charge in [0.25, 0.3) is 0 Å². The summed E-state index contributed by atoms with van der Waals surface area (Å²) in [6.07, 6.45) is 0. The van der Waals surface area contributed by atoms with Crippen molar-refractivity contribution in [1.29, 1.82) is 0 Å². The molecule has 0 aromatic carbocycles. The van der Waals surface area contributed by atoms with Crippen LogP contribution in [0.2, 0.25) is 0 Å². The van der Waals surface area contributed by atoms with Gasteiger partial charge in [-0.1, -0.05) is 0 Å². The molecule has 7 nitrogen and oxygen atoms in total. The summed E-state index contributed by atoms with van der Waals surface area (Å²) in [5, 5.41) is 2.74. The first-order valence-electron chi connectivity index (χ1n) is 5.22. The van der Waals surface area contributed by atoms with Crippen LogP contribution < -0.4 is 16.6 Å². The number of ether oxygens (including phenoxy) is 1. The first-order chi connectivity index (χ1) is 7.67. The number of nitrogens with one attached hydrogen (secondary N) is 2. The molecule has 7 heteroatoms. The number of piperazine rings is 1. The fourth-order valence-corrected chi connectivity index (χ4v) is 1.52. The zero-order chi connectivity index (χ0) is 12.0. The van der Waals surface area contributed by atoms with Crippen molar-refractivity contribution in [2.45, 2.75) is 13.0 Å². The molecule has 0 saturated carbocycles. The molecular weight excluding hydrogens is 210 g/mol. The Morgan fingerprint density at radius 1 is 1.81 bits per heavy atom. The molecule has 1 heterocycles. The molecule has 92 valence electrons. The van der Waals surface area contributed by atoms with E-state index in [0.29, 0.717) is 25.7 Å². The minimum Gasteiger partial charge on any atom is -0.382 e. The molecule has 0 spiro atoms. The van der Waals surface area contributed by atoms with Gasteiger partial charge in [-0.25, -0.2) is 10.8 Å². The zero-order valence-corrected chi connectivity index (χ0v) is 9.69. The molecule has 0 aliphatic carbocycles. The number of hydrazine groups is 1.